The highest BCUT2D eigenvalue weighted by atomic mass is 35.5. The predicted octanol–water partition coefficient (Wildman–Crippen LogP) is 3.73. The smallest absolute Gasteiger partial charge is 0.227 e. The zero-order valence-corrected chi connectivity index (χ0v) is 12.9. The first-order chi connectivity index (χ1) is 9.60. The van der Waals surface area contributed by atoms with Crippen molar-refractivity contribution in [2.75, 3.05) is 27.3 Å². The summed E-state index contributed by atoms with van der Waals surface area (Å²) in [7, 11) is 3.69. The van der Waals surface area contributed by atoms with Crippen LogP contribution in [-0.4, -0.2) is 37.2 Å². The number of aromatic nitrogens is 1. The van der Waals surface area contributed by atoms with E-state index in [-0.39, 0.29) is 0 Å². The molecule has 1 heterocycles. The van der Waals surface area contributed by atoms with Gasteiger partial charge in [0.2, 0.25) is 5.89 Å². The average Bonchev–Trinajstić information content (AvgIpc) is 2.84. The minimum Gasteiger partial charge on any atom is -0.444 e. The monoisotopic (exact) mass is 314 g/mol. The number of hydrogen-bond donors (Lipinski definition) is 0. The molecule has 0 saturated carbocycles. The van der Waals surface area contributed by atoms with E-state index in [2.05, 4.69) is 9.88 Å². The predicted molar refractivity (Wildman–Crippen MR) is 80.2 cm³/mol. The van der Waals surface area contributed by atoms with Crippen LogP contribution in [-0.2, 0) is 11.3 Å². The topological polar surface area (TPSA) is 38.5 Å². The number of nitrogens with zero attached hydrogens (tertiary/aromatic N) is 2. The van der Waals surface area contributed by atoms with Crippen LogP contribution in [0.4, 0.5) is 0 Å². The van der Waals surface area contributed by atoms with Gasteiger partial charge in [0, 0.05) is 25.2 Å². The van der Waals surface area contributed by atoms with Gasteiger partial charge in [0.15, 0.2) is 0 Å². The first-order valence-corrected chi connectivity index (χ1v) is 6.93. The molecule has 0 fully saturated rings. The van der Waals surface area contributed by atoms with Gasteiger partial charge in [0.1, 0.15) is 6.26 Å². The van der Waals surface area contributed by atoms with E-state index >= 15 is 0 Å². The number of benzene rings is 1. The molecule has 2 aromatic rings. The van der Waals surface area contributed by atoms with Crippen LogP contribution in [0.1, 0.15) is 5.69 Å². The Kier molecular flexibility index (Phi) is 5.43. The molecule has 6 heteroatoms. The Morgan fingerprint density at radius 1 is 1.35 bits per heavy atom. The fraction of sp³-hybridized carbons (Fsp3) is 0.357. The minimum absolute atomic E-state index is 0.502. The number of halogens is 2. The van der Waals surface area contributed by atoms with Gasteiger partial charge in [-0.3, -0.25) is 4.90 Å². The van der Waals surface area contributed by atoms with Crippen molar-refractivity contribution in [2.24, 2.45) is 0 Å². The summed E-state index contributed by atoms with van der Waals surface area (Å²) >= 11 is 12.0. The van der Waals surface area contributed by atoms with Crippen LogP contribution in [0.15, 0.2) is 28.9 Å². The fourth-order valence-electron chi connectivity index (χ4n) is 1.77. The summed E-state index contributed by atoms with van der Waals surface area (Å²) in [6.07, 6.45) is 1.64. The Morgan fingerprint density at radius 2 is 2.15 bits per heavy atom. The number of oxazole rings is 1. The third-order valence-corrected chi connectivity index (χ3v) is 3.37. The molecule has 0 N–H and O–H groups in total. The molecule has 0 unspecified atom stereocenters. The molecule has 0 radical (unpaired) electrons. The first kappa shape index (κ1) is 15.3. The maximum Gasteiger partial charge on any atom is 0.227 e. The van der Waals surface area contributed by atoms with Crippen molar-refractivity contribution < 1.29 is 9.15 Å². The van der Waals surface area contributed by atoms with E-state index in [1.54, 1.807) is 31.6 Å². The van der Waals surface area contributed by atoms with Crippen molar-refractivity contribution >= 4 is 23.2 Å². The van der Waals surface area contributed by atoms with Crippen molar-refractivity contribution in [3.63, 3.8) is 0 Å². The second-order valence-electron chi connectivity index (χ2n) is 4.50. The van der Waals surface area contributed by atoms with Gasteiger partial charge >= 0.3 is 0 Å². The second-order valence-corrected chi connectivity index (χ2v) is 5.34. The van der Waals surface area contributed by atoms with Gasteiger partial charge in [-0.1, -0.05) is 23.2 Å². The van der Waals surface area contributed by atoms with Crippen molar-refractivity contribution in [1.82, 2.24) is 9.88 Å². The van der Waals surface area contributed by atoms with Gasteiger partial charge in [-0.05, 0) is 25.2 Å². The summed E-state index contributed by atoms with van der Waals surface area (Å²) in [5.41, 5.74) is 1.59. The Labute approximate surface area is 128 Å². The highest BCUT2D eigenvalue weighted by Crippen LogP contribution is 2.29. The molecule has 0 saturated heterocycles. The van der Waals surface area contributed by atoms with Crippen molar-refractivity contribution in [3.05, 3.63) is 40.2 Å². The molecule has 0 bridgehead atoms. The quantitative estimate of drug-likeness (QED) is 0.814. The summed E-state index contributed by atoms with van der Waals surface area (Å²) in [5, 5.41) is 1.11. The highest BCUT2D eigenvalue weighted by molar-refractivity contribution is 6.36. The molecule has 0 aliphatic carbocycles. The zero-order chi connectivity index (χ0) is 14.5. The van der Waals surface area contributed by atoms with Crippen LogP contribution in [0.25, 0.3) is 11.5 Å². The lowest BCUT2D eigenvalue weighted by atomic mass is 10.2. The fourth-order valence-corrected chi connectivity index (χ4v) is 2.26. The lowest BCUT2D eigenvalue weighted by Gasteiger charge is -2.13. The Balaban J connectivity index is 2.08. The normalized spacial score (nSPS) is 11.2. The molecule has 2 rings (SSSR count). The average molecular weight is 315 g/mol. The van der Waals surface area contributed by atoms with Gasteiger partial charge in [-0.2, -0.15) is 0 Å². The van der Waals surface area contributed by atoms with E-state index in [4.69, 9.17) is 32.4 Å². The molecule has 0 spiro atoms. The molecule has 0 aliphatic heterocycles. The first-order valence-electron chi connectivity index (χ1n) is 6.17. The Hall–Kier alpha value is -1.07. The molecule has 20 heavy (non-hydrogen) atoms. The number of likely N-dealkylation sites (N-methyl/N-ethyl adjacent to an activating group) is 1. The molecule has 1 aromatic carbocycles. The molecule has 108 valence electrons. The van der Waals surface area contributed by atoms with E-state index in [9.17, 15) is 0 Å². The van der Waals surface area contributed by atoms with Gasteiger partial charge in [0.25, 0.3) is 0 Å². The van der Waals surface area contributed by atoms with Crippen LogP contribution in [0.5, 0.6) is 0 Å². The number of ether oxygens (including phenoxy) is 1. The Morgan fingerprint density at radius 3 is 2.85 bits per heavy atom. The molecule has 4 nitrogen and oxygen atoms in total. The van der Waals surface area contributed by atoms with Gasteiger partial charge in [-0.15, -0.1) is 0 Å². The molecular formula is C14H16Cl2N2O2. The van der Waals surface area contributed by atoms with E-state index in [0.29, 0.717) is 29.1 Å². The summed E-state index contributed by atoms with van der Waals surface area (Å²) in [5.74, 6) is 0.502. The van der Waals surface area contributed by atoms with Crippen LogP contribution in [0.2, 0.25) is 10.0 Å². The molecule has 0 atom stereocenters. The number of methoxy groups -OCH3 is 1. The minimum atomic E-state index is 0.502. The SMILES string of the molecule is COCCN(C)Cc1coc(-c2ccc(Cl)cc2Cl)n1. The van der Waals surface area contributed by atoms with Crippen molar-refractivity contribution in [3.8, 4) is 11.5 Å². The third kappa shape index (κ3) is 3.96. The summed E-state index contributed by atoms with van der Waals surface area (Å²) in [6, 6.07) is 5.24. The number of hydrogen-bond acceptors (Lipinski definition) is 4. The molecule has 1 aromatic heterocycles. The standard InChI is InChI=1S/C14H16Cl2N2O2/c1-18(5-6-19-2)8-11-9-20-14(17-11)12-4-3-10(15)7-13(12)16/h3-4,7,9H,5-6,8H2,1-2H3. The summed E-state index contributed by atoms with van der Waals surface area (Å²) in [6.45, 7) is 2.21. The number of rotatable bonds is 6. The maximum absolute atomic E-state index is 6.14. The van der Waals surface area contributed by atoms with Gasteiger partial charge in [-0.25, -0.2) is 4.98 Å². The van der Waals surface area contributed by atoms with Crippen LogP contribution in [0.3, 0.4) is 0 Å². The lowest BCUT2D eigenvalue weighted by molar-refractivity contribution is 0.158. The lowest BCUT2D eigenvalue weighted by Crippen LogP contribution is -2.22. The van der Waals surface area contributed by atoms with E-state index in [1.165, 1.54) is 0 Å². The summed E-state index contributed by atoms with van der Waals surface area (Å²) < 4.78 is 10.5. The Bertz CT molecular complexity index is 572. The molecule has 0 amide bonds. The van der Waals surface area contributed by atoms with E-state index < -0.39 is 0 Å². The largest absolute Gasteiger partial charge is 0.444 e. The highest BCUT2D eigenvalue weighted by Gasteiger charge is 2.12. The molecular weight excluding hydrogens is 299 g/mol. The van der Waals surface area contributed by atoms with Gasteiger partial charge in [0.05, 0.1) is 22.9 Å². The maximum atomic E-state index is 6.14. The van der Waals surface area contributed by atoms with E-state index in [1.807, 2.05) is 7.05 Å². The van der Waals surface area contributed by atoms with Crippen LogP contribution < -0.4 is 0 Å². The zero-order valence-electron chi connectivity index (χ0n) is 11.4. The second kappa shape index (κ2) is 7.09. The molecule has 0 aliphatic rings. The van der Waals surface area contributed by atoms with E-state index in [0.717, 1.165) is 17.8 Å². The van der Waals surface area contributed by atoms with Crippen molar-refractivity contribution in [2.45, 2.75) is 6.54 Å². The van der Waals surface area contributed by atoms with Crippen molar-refractivity contribution in [1.29, 1.82) is 0 Å². The van der Waals surface area contributed by atoms with Crippen LogP contribution >= 0.6 is 23.2 Å². The van der Waals surface area contributed by atoms with Gasteiger partial charge < -0.3 is 9.15 Å². The third-order valence-electron chi connectivity index (χ3n) is 2.82. The summed E-state index contributed by atoms with van der Waals surface area (Å²) in [4.78, 5) is 6.55. The van der Waals surface area contributed by atoms with Crippen LogP contribution in [0, 0.1) is 0 Å².